The Morgan fingerprint density at radius 2 is 2.00 bits per heavy atom. The van der Waals surface area contributed by atoms with Crippen molar-refractivity contribution in [2.24, 2.45) is 5.73 Å². The van der Waals surface area contributed by atoms with Gasteiger partial charge < -0.3 is 5.73 Å². The van der Waals surface area contributed by atoms with Crippen LogP contribution in [-0.2, 0) is 6.54 Å². The molecule has 0 bridgehead atoms. The van der Waals surface area contributed by atoms with Crippen LogP contribution in [0.5, 0.6) is 0 Å². The molecule has 1 aromatic heterocycles. The Balaban J connectivity index is 2.06. The normalized spacial score (nSPS) is 12.9. The first kappa shape index (κ1) is 13.6. The van der Waals surface area contributed by atoms with Crippen molar-refractivity contribution in [1.82, 2.24) is 4.90 Å². The molecule has 0 spiro atoms. The van der Waals surface area contributed by atoms with Crippen molar-refractivity contribution in [3.8, 4) is 0 Å². The van der Waals surface area contributed by atoms with E-state index in [2.05, 4.69) is 41.6 Å². The molecule has 0 saturated carbocycles. The zero-order valence-electron chi connectivity index (χ0n) is 10.3. The first-order chi connectivity index (χ1) is 8.70. The smallest absolute Gasteiger partial charge is 0.0564 e. The number of rotatable bonds is 5. The molecule has 0 radical (unpaired) electrons. The molecule has 0 aliphatic carbocycles. The zero-order valence-corrected chi connectivity index (χ0v) is 11.9. The molecule has 1 heterocycles. The predicted octanol–water partition coefficient (Wildman–Crippen LogP) is 3.53. The Bertz CT molecular complexity index is 467. The van der Waals surface area contributed by atoms with Gasteiger partial charge in [-0.1, -0.05) is 29.8 Å². The van der Waals surface area contributed by atoms with Gasteiger partial charge in [-0.25, -0.2) is 0 Å². The summed E-state index contributed by atoms with van der Waals surface area (Å²) in [7, 11) is 2.10. The van der Waals surface area contributed by atoms with Gasteiger partial charge in [0.05, 0.1) is 6.04 Å². The quantitative estimate of drug-likeness (QED) is 0.908. The predicted molar refractivity (Wildman–Crippen MR) is 79.0 cm³/mol. The van der Waals surface area contributed by atoms with Gasteiger partial charge in [0, 0.05) is 23.0 Å². The van der Waals surface area contributed by atoms with Crippen LogP contribution in [0, 0.1) is 0 Å². The third-order valence-corrected chi connectivity index (χ3v) is 4.20. The summed E-state index contributed by atoms with van der Waals surface area (Å²) in [6, 6.07) is 12.4. The van der Waals surface area contributed by atoms with E-state index in [4.69, 9.17) is 17.3 Å². The summed E-state index contributed by atoms with van der Waals surface area (Å²) in [5, 5.41) is 2.86. The van der Waals surface area contributed by atoms with Crippen LogP contribution in [0.3, 0.4) is 0 Å². The molecule has 96 valence electrons. The maximum absolute atomic E-state index is 5.89. The van der Waals surface area contributed by atoms with E-state index in [1.165, 1.54) is 10.4 Å². The minimum atomic E-state index is 0.278. The number of nitrogens with two attached hydrogens (primary N) is 1. The molecular weight excluding hydrogens is 264 g/mol. The van der Waals surface area contributed by atoms with Crippen LogP contribution in [0.1, 0.15) is 16.5 Å². The second kappa shape index (κ2) is 6.34. The fraction of sp³-hybridized carbons (Fsp3) is 0.286. The number of benzene rings is 1. The van der Waals surface area contributed by atoms with Crippen molar-refractivity contribution in [2.45, 2.75) is 12.6 Å². The van der Waals surface area contributed by atoms with Gasteiger partial charge >= 0.3 is 0 Å². The van der Waals surface area contributed by atoms with Gasteiger partial charge in [-0.05, 0) is 36.2 Å². The summed E-state index contributed by atoms with van der Waals surface area (Å²) in [6.45, 7) is 1.50. The van der Waals surface area contributed by atoms with Gasteiger partial charge in [0.25, 0.3) is 0 Å². The fourth-order valence-corrected chi connectivity index (χ4v) is 3.01. The van der Waals surface area contributed by atoms with E-state index in [1.54, 1.807) is 11.3 Å². The molecule has 2 nitrogen and oxygen atoms in total. The SMILES string of the molecule is CN(Cc1ccc(Cl)cc1)C(CN)c1cccs1. The van der Waals surface area contributed by atoms with E-state index in [-0.39, 0.29) is 6.04 Å². The van der Waals surface area contributed by atoms with E-state index in [1.807, 2.05) is 12.1 Å². The van der Waals surface area contributed by atoms with Crippen LogP contribution in [0.2, 0.25) is 5.02 Å². The maximum Gasteiger partial charge on any atom is 0.0564 e. The minimum absolute atomic E-state index is 0.278. The fourth-order valence-electron chi connectivity index (χ4n) is 1.98. The van der Waals surface area contributed by atoms with Crippen LogP contribution in [0.15, 0.2) is 41.8 Å². The maximum atomic E-state index is 5.89. The lowest BCUT2D eigenvalue weighted by atomic mass is 10.1. The first-order valence-corrected chi connectivity index (χ1v) is 7.14. The highest BCUT2D eigenvalue weighted by atomic mass is 35.5. The molecule has 2 N–H and O–H groups in total. The highest BCUT2D eigenvalue weighted by Crippen LogP contribution is 2.24. The van der Waals surface area contributed by atoms with E-state index in [0.29, 0.717) is 6.54 Å². The zero-order chi connectivity index (χ0) is 13.0. The van der Waals surface area contributed by atoms with Crippen molar-refractivity contribution >= 4 is 22.9 Å². The Morgan fingerprint density at radius 3 is 2.56 bits per heavy atom. The van der Waals surface area contributed by atoms with Gasteiger partial charge in [0.15, 0.2) is 0 Å². The van der Waals surface area contributed by atoms with Crippen molar-refractivity contribution < 1.29 is 0 Å². The molecular formula is C14H17ClN2S. The van der Waals surface area contributed by atoms with Gasteiger partial charge in [0.2, 0.25) is 0 Å². The number of thiophene rings is 1. The minimum Gasteiger partial charge on any atom is -0.329 e. The third-order valence-electron chi connectivity index (χ3n) is 2.97. The molecule has 1 atom stereocenters. The highest BCUT2D eigenvalue weighted by molar-refractivity contribution is 7.10. The largest absolute Gasteiger partial charge is 0.329 e. The molecule has 0 aliphatic rings. The topological polar surface area (TPSA) is 29.3 Å². The molecule has 1 aromatic carbocycles. The molecule has 0 saturated heterocycles. The molecule has 0 aliphatic heterocycles. The Morgan fingerprint density at radius 1 is 1.28 bits per heavy atom. The lowest BCUT2D eigenvalue weighted by Gasteiger charge is -2.26. The van der Waals surface area contributed by atoms with Crippen molar-refractivity contribution in [2.75, 3.05) is 13.6 Å². The summed E-state index contributed by atoms with van der Waals surface area (Å²) in [6.07, 6.45) is 0. The van der Waals surface area contributed by atoms with Crippen LogP contribution in [-0.4, -0.2) is 18.5 Å². The molecule has 1 unspecified atom stereocenters. The Kier molecular flexibility index (Phi) is 4.78. The van der Waals surface area contributed by atoms with E-state index in [0.717, 1.165) is 11.6 Å². The molecule has 2 rings (SSSR count). The van der Waals surface area contributed by atoms with Crippen molar-refractivity contribution in [1.29, 1.82) is 0 Å². The number of hydrogen-bond acceptors (Lipinski definition) is 3. The van der Waals surface area contributed by atoms with Gasteiger partial charge in [-0.3, -0.25) is 4.90 Å². The highest BCUT2D eigenvalue weighted by Gasteiger charge is 2.16. The number of likely N-dealkylation sites (N-methyl/N-ethyl adjacent to an activating group) is 1. The second-order valence-corrected chi connectivity index (χ2v) is 5.72. The number of nitrogens with zero attached hydrogens (tertiary/aromatic N) is 1. The van der Waals surface area contributed by atoms with Crippen LogP contribution in [0.25, 0.3) is 0 Å². The molecule has 2 aromatic rings. The molecule has 0 fully saturated rings. The van der Waals surface area contributed by atoms with Gasteiger partial charge in [-0.15, -0.1) is 11.3 Å². The van der Waals surface area contributed by atoms with Gasteiger partial charge in [0.1, 0.15) is 0 Å². The summed E-state index contributed by atoms with van der Waals surface area (Å²) < 4.78 is 0. The summed E-state index contributed by atoms with van der Waals surface area (Å²) in [5.74, 6) is 0. The molecule has 0 amide bonds. The second-order valence-electron chi connectivity index (χ2n) is 4.31. The van der Waals surface area contributed by atoms with E-state index in [9.17, 15) is 0 Å². The summed E-state index contributed by atoms with van der Waals surface area (Å²) >= 11 is 7.64. The average Bonchev–Trinajstić information content (AvgIpc) is 2.87. The van der Waals surface area contributed by atoms with E-state index < -0.39 is 0 Å². The van der Waals surface area contributed by atoms with Crippen molar-refractivity contribution in [3.63, 3.8) is 0 Å². The van der Waals surface area contributed by atoms with Crippen LogP contribution >= 0.6 is 22.9 Å². The lowest BCUT2D eigenvalue weighted by molar-refractivity contribution is 0.245. The Labute approximate surface area is 117 Å². The molecule has 4 heteroatoms. The van der Waals surface area contributed by atoms with Crippen LogP contribution < -0.4 is 5.73 Å². The lowest BCUT2D eigenvalue weighted by Crippen LogP contribution is -2.29. The monoisotopic (exact) mass is 280 g/mol. The van der Waals surface area contributed by atoms with E-state index >= 15 is 0 Å². The standard InChI is InChI=1S/C14H17ClN2S/c1-17(10-11-4-6-12(15)7-5-11)13(9-16)14-3-2-8-18-14/h2-8,13H,9-10,16H2,1H3. The number of hydrogen-bond donors (Lipinski definition) is 1. The average molecular weight is 281 g/mol. The molecule has 18 heavy (non-hydrogen) atoms. The number of halogens is 1. The third kappa shape index (κ3) is 3.33. The summed E-state index contributed by atoms with van der Waals surface area (Å²) in [4.78, 5) is 3.59. The first-order valence-electron chi connectivity index (χ1n) is 5.89. The van der Waals surface area contributed by atoms with Gasteiger partial charge in [-0.2, -0.15) is 0 Å². The Hall–Kier alpha value is -0.870. The summed E-state index contributed by atoms with van der Waals surface area (Å²) in [5.41, 5.74) is 7.13. The van der Waals surface area contributed by atoms with Crippen molar-refractivity contribution in [3.05, 3.63) is 57.2 Å². The van der Waals surface area contributed by atoms with Crippen LogP contribution in [0.4, 0.5) is 0 Å².